The maximum Gasteiger partial charge on any atom is 0.251 e. The van der Waals surface area contributed by atoms with Gasteiger partial charge < -0.3 is 16.4 Å². The Balaban J connectivity index is 2.09. The predicted octanol–water partition coefficient (Wildman–Crippen LogP) is 2.98. The Morgan fingerprint density at radius 2 is 2.00 bits per heavy atom. The molecule has 5 heteroatoms. The summed E-state index contributed by atoms with van der Waals surface area (Å²) >= 11 is 0. The Morgan fingerprint density at radius 3 is 2.58 bits per heavy atom. The molecule has 1 fully saturated rings. The molecule has 4 N–H and O–H groups in total. The molecule has 2 rings (SSSR count). The van der Waals surface area contributed by atoms with Gasteiger partial charge in [-0.15, -0.1) is 0 Å². The number of benzene rings is 1. The minimum absolute atomic E-state index is 0.0292. The molecule has 2 atom stereocenters. The fourth-order valence-electron chi connectivity index (χ4n) is 3.35. The number of nitrogens with two attached hydrogens (primary N) is 1. The van der Waals surface area contributed by atoms with Crippen LogP contribution in [0.25, 0.3) is 0 Å². The molecular weight excluding hydrogens is 302 g/mol. The standard InChI is InChI=1S/C19H29N3O2/c1-12(2)21-17(23)15-9-8-14(11-13(15)3)22-18(24)16-7-5-6-10-19(16,4)20/h8-9,11-12,16H,5-7,10,20H2,1-4H3,(H,21,23)(H,22,24). The van der Waals surface area contributed by atoms with Gasteiger partial charge >= 0.3 is 0 Å². The molecule has 1 aliphatic rings. The van der Waals surface area contributed by atoms with Crippen LogP contribution in [-0.4, -0.2) is 23.4 Å². The van der Waals surface area contributed by atoms with Crippen LogP contribution in [0.5, 0.6) is 0 Å². The van der Waals surface area contributed by atoms with E-state index in [0.29, 0.717) is 11.3 Å². The van der Waals surface area contributed by atoms with E-state index in [1.807, 2.05) is 33.8 Å². The summed E-state index contributed by atoms with van der Waals surface area (Å²) in [6.45, 7) is 7.69. The van der Waals surface area contributed by atoms with Crippen LogP contribution in [0.4, 0.5) is 5.69 Å². The minimum atomic E-state index is -0.450. The van der Waals surface area contributed by atoms with Crippen molar-refractivity contribution in [3.8, 4) is 0 Å². The number of hydrogen-bond acceptors (Lipinski definition) is 3. The van der Waals surface area contributed by atoms with Crippen LogP contribution in [0.3, 0.4) is 0 Å². The molecule has 5 nitrogen and oxygen atoms in total. The highest BCUT2D eigenvalue weighted by atomic mass is 16.2. The van der Waals surface area contributed by atoms with Crippen molar-refractivity contribution in [1.29, 1.82) is 0 Å². The van der Waals surface area contributed by atoms with Crippen molar-refractivity contribution in [3.05, 3.63) is 29.3 Å². The number of rotatable bonds is 4. The molecule has 1 aromatic carbocycles. The van der Waals surface area contributed by atoms with Gasteiger partial charge in [-0.3, -0.25) is 9.59 Å². The smallest absolute Gasteiger partial charge is 0.251 e. The summed E-state index contributed by atoms with van der Waals surface area (Å²) in [7, 11) is 0. The third-order valence-electron chi connectivity index (χ3n) is 4.73. The van der Waals surface area contributed by atoms with Gasteiger partial charge in [0.25, 0.3) is 5.91 Å². The van der Waals surface area contributed by atoms with Gasteiger partial charge in [0.2, 0.25) is 5.91 Å². The molecule has 0 aliphatic heterocycles. The van der Waals surface area contributed by atoms with Crippen LogP contribution in [0, 0.1) is 12.8 Å². The van der Waals surface area contributed by atoms with Crippen LogP contribution in [0.1, 0.15) is 62.4 Å². The summed E-state index contributed by atoms with van der Waals surface area (Å²) in [5, 5.41) is 5.84. The topological polar surface area (TPSA) is 84.2 Å². The van der Waals surface area contributed by atoms with Crippen LogP contribution in [-0.2, 0) is 4.79 Å². The second-order valence-electron chi connectivity index (χ2n) is 7.45. The van der Waals surface area contributed by atoms with E-state index in [1.54, 1.807) is 12.1 Å². The van der Waals surface area contributed by atoms with Crippen molar-refractivity contribution in [1.82, 2.24) is 5.32 Å². The highest BCUT2D eigenvalue weighted by molar-refractivity contribution is 5.98. The Morgan fingerprint density at radius 1 is 1.29 bits per heavy atom. The first-order chi connectivity index (χ1) is 11.2. The quantitative estimate of drug-likeness (QED) is 0.793. The normalized spacial score (nSPS) is 23.8. The molecule has 0 bridgehead atoms. The lowest BCUT2D eigenvalue weighted by Gasteiger charge is -2.37. The highest BCUT2D eigenvalue weighted by Crippen LogP contribution is 2.32. The van der Waals surface area contributed by atoms with Gasteiger partial charge in [0, 0.05) is 22.8 Å². The number of aryl methyl sites for hydroxylation is 1. The second-order valence-corrected chi connectivity index (χ2v) is 7.45. The fraction of sp³-hybridized carbons (Fsp3) is 0.579. The average molecular weight is 331 g/mol. The Bertz CT molecular complexity index is 623. The molecule has 24 heavy (non-hydrogen) atoms. The summed E-state index contributed by atoms with van der Waals surface area (Å²) in [5.41, 5.74) is 8.03. The molecule has 2 unspecified atom stereocenters. The summed E-state index contributed by atoms with van der Waals surface area (Å²) in [4.78, 5) is 24.7. The Kier molecular flexibility index (Phi) is 5.65. The molecule has 0 saturated heterocycles. The van der Waals surface area contributed by atoms with E-state index in [2.05, 4.69) is 10.6 Å². The van der Waals surface area contributed by atoms with E-state index in [1.165, 1.54) is 0 Å². The second kappa shape index (κ2) is 7.34. The van der Waals surface area contributed by atoms with Crippen molar-refractivity contribution in [2.45, 2.75) is 65.0 Å². The lowest BCUT2D eigenvalue weighted by Crippen LogP contribution is -2.51. The van der Waals surface area contributed by atoms with Gasteiger partial charge in [0.1, 0.15) is 0 Å². The number of anilines is 1. The predicted molar refractivity (Wildman–Crippen MR) is 97.0 cm³/mol. The molecule has 0 radical (unpaired) electrons. The number of carbonyl (C=O) groups is 2. The summed E-state index contributed by atoms with van der Waals surface area (Å²) in [5.74, 6) is -0.295. The van der Waals surface area contributed by atoms with Gasteiger partial charge in [0.05, 0.1) is 5.92 Å². The molecule has 132 valence electrons. The van der Waals surface area contributed by atoms with E-state index < -0.39 is 5.54 Å². The van der Waals surface area contributed by atoms with Crippen molar-refractivity contribution < 1.29 is 9.59 Å². The first kappa shape index (κ1) is 18.5. The average Bonchev–Trinajstić information content (AvgIpc) is 2.45. The zero-order valence-corrected chi connectivity index (χ0v) is 15.1. The highest BCUT2D eigenvalue weighted by Gasteiger charge is 2.37. The molecule has 1 aliphatic carbocycles. The largest absolute Gasteiger partial charge is 0.350 e. The van der Waals surface area contributed by atoms with Crippen LogP contribution in [0.15, 0.2) is 18.2 Å². The zero-order valence-electron chi connectivity index (χ0n) is 15.1. The minimum Gasteiger partial charge on any atom is -0.350 e. The maximum absolute atomic E-state index is 12.6. The summed E-state index contributed by atoms with van der Waals surface area (Å²) in [6.07, 6.45) is 3.82. The van der Waals surface area contributed by atoms with E-state index in [-0.39, 0.29) is 23.8 Å². The van der Waals surface area contributed by atoms with Gasteiger partial charge in [-0.2, -0.15) is 0 Å². The van der Waals surface area contributed by atoms with E-state index in [9.17, 15) is 9.59 Å². The monoisotopic (exact) mass is 331 g/mol. The van der Waals surface area contributed by atoms with Gasteiger partial charge in [-0.25, -0.2) is 0 Å². The number of hydrogen-bond donors (Lipinski definition) is 3. The first-order valence-electron chi connectivity index (χ1n) is 8.72. The molecule has 2 amide bonds. The Hall–Kier alpha value is -1.88. The molecule has 0 heterocycles. The van der Waals surface area contributed by atoms with Crippen molar-refractivity contribution >= 4 is 17.5 Å². The molecule has 1 saturated carbocycles. The summed E-state index contributed by atoms with van der Waals surface area (Å²) < 4.78 is 0. The van der Waals surface area contributed by atoms with Gasteiger partial charge in [-0.05, 0) is 64.3 Å². The van der Waals surface area contributed by atoms with Gasteiger partial charge in [-0.1, -0.05) is 12.8 Å². The molecule has 0 spiro atoms. The van der Waals surface area contributed by atoms with Crippen LogP contribution < -0.4 is 16.4 Å². The zero-order chi connectivity index (χ0) is 17.9. The van der Waals surface area contributed by atoms with E-state index in [4.69, 9.17) is 5.73 Å². The summed E-state index contributed by atoms with van der Waals surface area (Å²) in [6, 6.07) is 5.45. The SMILES string of the molecule is Cc1cc(NC(=O)C2CCCCC2(C)N)ccc1C(=O)NC(C)C. The third-order valence-corrected chi connectivity index (χ3v) is 4.73. The lowest BCUT2D eigenvalue weighted by molar-refractivity contribution is -0.122. The first-order valence-corrected chi connectivity index (χ1v) is 8.72. The third kappa shape index (κ3) is 4.35. The van der Waals surface area contributed by atoms with Gasteiger partial charge in [0.15, 0.2) is 0 Å². The van der Waals surface area contributed by atoms with Crippen molar-refractivity contribution in [2.75, 3.05) is 5.32 Å². The molecule has 0 aromatic heterocycles. The Labute approximate surface area is 144 Å². The van der Waals surface area contributed by atoms with Crippen LogP contribution in [0.2, 0.25) is 0 Å². The van der Waals surface area contributed by atoms with Crippen LogP contribution >= 0.6 is 0 Å². The number of nitrogens with one attached hydrogen (secondary N) is 2. The van der Waals surface area contributed by atoms with Crippen molar-refractivity contribution in [3.63, 3.8) is 0 Å². The number of amides is 2. The van der Waals surface area contributed by atoms with Crippen molar-refractivity contribution in [2.24, 2.45) is 11.7 Å². The lowest BCUT2D eigenvalue weighted by atomic mass is 9.74. The maximum atomic E-state index is 12.6. The molecule has 1 aromatic rings. The van der Waals surface area contributed by atoms with E-state index in [0.717, 1.165) is 31.2 Å². The fourth-order valence-corrected chi connectivity index (χ4v) is 3.35. The van der Waals surface area contributed by atoms with E-state index >= 15 is 0 Å². The number of carbonyl (C=O) groups excluding carboxylic acids is 2. The molecular formula is C19H29N3O2.